The quantitative estimate of drug-likeness (QED) is 0.873. The summed E-state index contributed by atoms with van der Waals surface area (Å²) < 4.78 is 5.61. The van der Waals surface area contributed by atoms with Crippen LogP contribution in [0, 0.1) is 10.8 Å². The first-order valence-electron chi connectivity index (χ1n) is 7.84. The first kappa shape index (κ1) is 15.1. The molecule has 1 amide bonds. The summed E-state index contributed by atoms with van der Waals surface area (Å²) in [6.45, 7) is 7.80. The molecule has 1 saturated heterocycles. The molecule has 2 bridgehead atoms. The molecule has 22 heavy (non-hydrogen) atoms. The fraction of sp³-hybridized carbons (Fsp3) is 0.556. The fourth-order valence-corrected chi connectivity index (χ4v) is 3.89. The topological polar surface area (TPSA) is 55.4 Å². The highest BCUT2D eigenvalue weighted by atomic mass is 16.6. The second-order valence-electron chi connectivity index (χ2n) is 7.28. The molecule has 3 atom stereocenters. The molecule has 1 N–H and O–H groups in total. The molecule has 4 nitrogen and oxygen atoms in total. The summed E-state index contributed by atoms with van der Waals surface area (Å²) in [6, 6.07) is 9.68. The smallest absolute Gasteiger partial charge is 0.313 e. The number of ether oxygens (including phenoxy) is 1. The zero-order valence-corrected chi connectivity index (χ0v) is 13.6. The van der Waals surface area contributed by atoms with Crippen LogP contribution in [0.3, 0.4) is 0 Å². The number of carbonyl (C=O) groups excluding carboxylic acids is 2. The maximum Gasteiger partial charge on any atom is 0.313 e. The molecule has 3 rings (SSSR count). The van der Waals surface area contributed by atoms with Crippen LogP contribution < -0.4 is 5.32 Å². The van der Waals surface area contributed by atoms with Gasteiger partial charge in [0.1, 0.15) is 0 Å². The van der Waals surface area contributed by atoms with Gasteiger partial charge >= 0.3 is 5.97 Å². The highest BCUT2D eigenvalue weighted by Gasteiger charge is 2.75. The summed E-state index contributed by atoms with van der Waals surface area (Å²) in [5, 5.41) is 3.03. The fourth-order valence-electron chi connectivity index (χ4n) is 3.89. The van der Waals surface area contributed by atoms with E-state index >= 15 is 0 Å². The summed E-state index contributed by atoms with van der Waals surface area (Å²) in [7, 11) is 0. The van der Waals surface area contributed by atoms with Gasteiger partial charge < -0.3 is 10.1 Å². The molecular weight excluding hydrogens is 278 g/mol. The number of hydrogen-bond acceptors (Lipinski definition) is 3. The van der Waals surface area contributed by atoms with Crippen LogP contribution in [-0.4, -0.2) is 17.5 Å². The number of nitrogens with one attached hydrogen (secondary N) is 1. The van der Waals surface area contributed by atoms with Crippen molar-refractivity contribution < 1.29 is 14.3 Å². The van der Waals surface area contributed by atoms with Gasteiger partial charge in [-0.1, -0.05) is 44.2 Å². The molecule has 1 saturated carbocycles. The van der Waals surface area contributed by atoms with Crippen LogP contribution in [0.25, 0.3) is 0 Å². The van der Waals surface area contributed by atoms with Gasteiger partial charge in [-0.3, -0.25) is 9.59 Å². The van der Waals surface area contributed by atoms with Crippen molar-refractivity contribution in [3.8, 4) is 0 Å². The van der Waals surface area contributed by atoms with Crippen molar-refractivity contribution in [3.05, 3.63) is 35.9 Å². The third kappa shape index (κ3) is 1.70. The number of carbonyl (C=O) groups is 2. The van der Waals surface area contributed by atoms with E-state index in [1.807, 2.05) is 58.0 Å². The van der Waals surface area contributed by atoms with E-state index in [1.165, 1.54) is 0 Å². The summed E-state index contributed by atoms with van der Waals surface area (Å²) in [5.41, 5.74) is -1.07. The van der Waals surface area contributed by atoms with E-state index in [-0.39, 0.29) is 17.9 Å². The third-order valence-corrected chi connectivity index (χ3v) is 6.10. The van der Waals surface area contributed by atoms with Gasteiger partial charge in [-0.05, 0) is 32.3 Å². The lowest BCUT2D eigenvalue weighted by Gasteiger charge is -2.36. The molecule has 0 spiro atoms. The predicted molar refractivity (Wildman–Crippen MR) is 82.9 cm³/mol. The Balaban J connectivity index is 1.85. The number of amides is 1. The highest BCUT2D eigenvalue weighted by molar-refractivity contribution is 5.96. The van der Waals surface area contributed by atoms with Gasteiger partial charge in [-0.25, -0.2) is 0 Å². The van der Waals surface area contributed by atoms with Crippen LogP contribution in [0.1, 0.15) is 52.1 Å². The van der Waals surface area contributed by atoms with Crippen LogP contribution in [0.15, 0.2) is 30.3 Å². The van der Waals surface area contributed by atoms with Crippen LogP contribution in [0.5, 0.6) is 0 Å². The Hall–Kier alpha value is -1.84. The van der Waals surface area contributed by atoms with E-state index in [0.29, 0.717) is 12.8 Å². The van der Waals surface area contributed by atoms with Crippen molar-refractivity contribution in [2.75, 3.05) is 0 Å². The Morgan fingerprint density at radius 3 is 2.32 bits per heavy atom. The standard InChI is InChI=1S/C18H23NO3/c1-12(13-8-6-5-7-9-13)19-14(20)18-11-10-17(4,15(21)22-18)16(18,2)3/h5-9,12H,10-11H2,1-4H3,(H,19,20)/t12-,17-,18+/m0/s1. The van der Waals surface area contributed by atoms with Crippen LogP contribution in [-0.2, 0) is 14.3 Å². The van der Waals surface area contributed by atoms with Crippen molar-refractivity contribution in [2.45, 2.75) is 52.2 Å². The number of rotatable bonds is 3. The summed E-state index contributed by atoms with van der Waals surface area (Å²) in [6.07, 6.45) is 1.29. The molecule has 1 aliphatic heterocycles. The zero-order valence-electron chi connectivity index (χ0n) is 13.6. The van der Waals surface area contributed by atoms with Crippen LogP contribution >= 0.6 is 0 Å². The number of hydrogen-bond donors (Lipinski definition) is 1. The summed E-state index contributed by atoms with van der Waals surface area (Å²) in [5.74, 6) is -0.422. The highest BCUT2D eigenvalue weighted by Crippen LogP contribution is 2.65. The Bertz CT molecular complexity index is 624. The lowest BCUT2D eigenvalue weighted by Crippen LogP contribution is -2.53. The monoisotopic (exact) mass is 301 g/mol. The molecule has 118 valence electrons. The molecule has 2 aliphatic rings. The third-order valence-electron chi connectivity index (χ3n) is 6.10. The molecule has 1 aromatic rings. The molecule has 1 aromatic carbocycles. The van der Waals surface area contributed by atoms with E-state index in [1.54, 1.807) is 0 Å². The zero-order chi connectivity index (χ0) is 16.2. The van der Waals surface area contributed by atoms with Gasteiger partial charge in [0.15, 0.2) is 5.60 Å². The molecule has 0 radical (unpaired) electrons. The van der Waals surface area contributed by atoms with Crippen LogP contribution in [0.2, 0.25) is 0 Å². The van der Waals surface area contributed by atoms with E-state index in [2.05, 4.69) is 5.32 Å². The number of fused-ring (bicyclic) bond motifs is 2. The van der Waals surface area contributed by atoms with Crippen molar-refractivity contribution in [3.63, 3.8) is 0 Å². The summed E-state index contributed by atoms with van der Waals surface area (Å²) in [4.78, 5) is 25.2. The maximum absolute atomic E-state index is 12.9. The minimum absolute atomic E-state index is 0.120. The van der Waals surface area contributed by atoms with Gasteiger partial charge in [-0.15, -0.1) is 0 Å². The largest absolute Gasteiger partial charge is 0.448 e. The lowest BCUT2D eigenvalue weighted by molar-refractivity contribution is -0.168. The van der Waals surface area contributed by atoms with E-state index < -0.39 is 16.4 Å². The molecule has 1 aliphatic carbocycles. The molecule has 4 heteroatoms. The Morgan fingerprint density at radius 1 is 1.18 bits per heavy atom. The maximum atomic E-state index is 12.9. The first-order chi connectivity index (χ1) is 10.2. The average molecular weight is 301 g/mol. The lowest BCUT2D eigenvalue weighted by atomic mass is 9.66. The van der Waals surface area contributed by atoms with Gasteiger partial charge in [0.2, 0.25) is 0 Å². The second kappa shape index (κ2) is 4.58. The van der Waals surface area contributed by atoms with Crippen molar-refractivity contribution >= 4 is 11.9 Å². The van der Waals surface area contributed by atoms with Crippen LogP contribution in [0.4, 0.5) is 0 Å². The minimum Gasteiger partial charge on any atom is -0.448 e. The Morgan fingerprint density at radius 2 is 1.82 bits per heavy atom. The van der Waals surface area contributed by atoms with Gasteiger partial charge in [0.05, 0.1) is 11.5 Å². The SMILES string of the molecule is C[C@H](NC(=O)[C@@]12CC[C@@](C)(C(=O)O1)C2(C)C)c1ccccc1. The first-order valence-corrected chi connectivity index (χ1v) is 7.84. The Kier molecular flexibility index (Phi) is 3.13. The van der Waals surface area contributed by atoms with E-state index in [9.17, 15) is 9.59 Å². The Labute approximate surface area is 131 Å². The van der Waals surface area contributed by atoms with Gasteiger partial charge in [0, 0.05) is 5.41 Å². The molecule has 2 fully saturated rings. The van der Waals surface area contributed by atoms with E-state index in [4.69, 9.17) is 4.74 Å². The van der Waals surface area contributed by atoms with E-state index in [0.717, 1.165) is 5.56 Å². The van der Waals surface area contributed by atoms with Gasteiger partial charge in [-0.2, -0.15) is 0 Å². The average Bonchev–Trinajstić information content (AvgIpc) is 2.78. The van der Waals surface area contributed by atoms with Gasteiger partial charge in [0.25, 0.3) is 5.91 Å². The molecule has 1 heterocycles. The number of benzene rings is 1. The van der Waals surface area contributed by atoms with Crippen molar-refractivity contribution in [1.29, 1.82) is 0 Å². The number of esters is 1. The molecular formula is C18H23NO3. The minimum atomic E-state index is -1.04. The predicted octanol–water partition coefficient (Wildman–Crippen LogP) is 2.99. The molecule has 0 aromatic heterocycles. The van der Waals surface area contributed by atoms with Crippen molar-refractivity contribution in [1.82, 2.24) is 5.32 Å². The molecule has 0 unspecified atom stereocenters. The summed E-state index contributed by atoms with van der Waals surface area (Å²) >= 11 is 0. The van der Waals surface area contributed by atoms with Crippen molar-refractivity contribution in [2.24, 2.45) is 10.8 Å². The second-order valence-corrected chi connectivity index (χ2v) is 7.28. The normalized spacial score (nSPS) is 33.4.